The number of aliphatic carboxylic acids is 1. The molecule has 0 heterocycles. The van der Waals surface area contributed by atoms with Crippen LogP contribution in [0.3, 0.4) is 0 Å². The smallest absolute Gasteiger partial charge is 0.341 e. The minimum atomic E-state index is -0.983. The minimum absolute atomic E-state index is 0.336. The summed E-state index contributed by atoms with van der Waals surface area (Å²) in [5.74, 6) is 0.382. The van der Waals surface area contributed by atoms with Gasteiger partial charge in [0.1, 0.15) is 5.75 Å². The number of benzene rings is 3. The SMILES string of the molecule is Cc1cc(OCC(=O)O)ccc1SCC=C(c1cccc(Br)c1)c1cccc(Br)c1. The molecule has 0 fully saturated rings. The lowest BCUT2D eigenvalue weighted by atomic mass is 9.98. The zero-order chi connectivity index (χ0) is 21.5. The van der Waals surface area contributed by atoms with Gasteiger partial charge in [-0.25, -0.2) is 4.79 Å². The zero-order valence-corrected chi connectivity index (χ0v) is 20.3. The maximum Gasteiger partial charge on any atom is 0.341 e. The van der Waals surface area contributed by atoms with E-state index in [0.29, 0.717) is 5.75 Å². The molecule has 0 bridgehead atoms. The van der Waals surface area contributed by atoms with Crippen molar-refractivity contribution in [3.8, 4) is 5.75 Å². The van der Waals surface area contributed by atoms with Crippen LogP contribution in [0.15, 0.2) is 86.6 Å². The number of carboxylic acid groups (broad SMARTS) is 1. The number of thioether (sulfide) groups is 1. The topological polar surface area (TPSA) is 46.5 Å². The Morgan fingerprint density at radius 1 is 1.00 bits per heavy atom. The third-order valence-corrected chi connectivity index (χ3v) is 6.40. The second-order valence-electron chi connectivity index (χ2n) is 6.56. The molecule has 30 heavy (non-hydrogen) atoms. The molecule has 0 saturated carbocycles. The Kier molecular flexibility index (Phi) is 8.19. The second kappa shape index (κ2) is 10.8. The second-order valence-corrected chi connectivity index (χ2v) is 9.45. The molecular formula is C24H20Br2O3S. The summed E-state index contributed by atoms with van der Waals surface area (Å²) in [4.78, 5) is 11.8. The van der Waals surface area contributed by atoms with E-state index in [1.807, 2.05) is 49.4 Å². The Hall–Kier alpha value is -2.02. The van der Waals surface area contributed by atoms with E-state index in [4.69, 9.17) is 9.84 Å². The molecular weight excluding hydrogens is 528 g/mol. The summed E-state index contributed by atoms with van der Waals surface area (Å²) in [7, 11) is 0. The van der Waals surface area contributed by atoms with Crippen molar-refractivity contribution >= 4 is 55.2 Å². The highest BCUT2D eigenvalue weighted by Gasteiger charge is 2.08. The molecule has 0 radical (unpaired) electrons. The molecule has 3 nitrogen and oxygen atoms in total. The first-order valence-electron chi connectivity index (χ1n) is 9.22. The van der Waals surface area contributed by atoms with Crippen molar-refractivity contribution in [1.29, 1.82) is 0 Å². The summed E-state index contributed by atoms with van der Waals surface area (Å²) in [6.07, 6.45) is 2.24. The fraction of sp³-hybridized carbons (Fsp3) is 0.125. The van der Waals surface area contributed by atoms with Gasteiger partial charge in [0.05, 0.1) is 0 Å². The van der Waals surface area contributed by atoms with Crippen LogP contribution in [0.2, 0.25) is 0 Å². The molecule has 0 aliphatic heterocycles. The molecule has 0 aromatic heterocycles. The lowest BCUT2D eigenvalue weighted by Gasteiger charge is -2.11. The number of carbonyl (C=O) groups is 1. The van der Waals surface area contributed by atoms with Crippen LogP contribution in [0.25, 0.3) is 5.57 Å². The first-order valence-corrected chi connectivity index (χ1v) is 11.8. The summed E-state index contributed by atoms with van der Waals surface area (Å²) in [6, 6.07) is 22.3. The summed E-state index contributed by atoms with van der Waals surface area (Å²) < 4.78 is 7.34. The van der Waals surface area contributed by atoms with Crippen LogP contribution < -0.4 is 4.74 Å². The molecule has 154 valence electrons. The molecule has 0 aliphatic rings. The van der Waals surface area contributed by atoms with E-state index < -0.39 is 5.97 Å². The van der Waals surface area contributed by atoms with Crippen LogP contribution in [-0.2, 0) is 4.79 Å². The van der Waals surface area contributed by atoms with Gasteiger partial charge in [0.25, 0.3) is 0 Å². The highest BCUT2D eigenvalue weighted by molar-refractivity contribution is 9.10. The molecule has 0 amide bonds. The van der Waals surface area contributed by atoms with E-state index in [1.165, 1.54) is 5.57 Å². The third-order valence-electron chi connectivity index (χ3n) is 4.31. The Morgan fingerprint density at radius 3 is 2.17 bits per heavy atom. The van der Waals surface area contributed by atoms with E-state index >= 15 is 0 Å². The zero-order valence-electron chi connectivity index (χ0n) is 16.3. The Balaban J connectivity index is 1.80. The average Bonchev–Trinajstić information content (AvgIpc) is 2.71. The molecule has 1 N–H and O–H groups in total. The molecule has 0 atom stereocenters. The Morgan fingerprint density at radius 2 is 1.63 bits per heavy atom. The lowest BCUT2D eigenvalue weighted by molar-refractivity contribution is -0.139. The predicted molar refractivity (Wildman–Crippen MR) is 130 cm³/mol. The van der Waals surface area contributed by atoms with Gasteiger partial charge in [0.15, 0.2) is 6.61 Å². The Bertz CT molecular complexity index is 1030. The quantitative estimate of drug-likeness (QED) is 0.303. The van der Waals surface area contributed by atoms with Crippen LogP contribution in [0.5, 0.6) is 5.75 Å². The van der Waals surface area contributed by atoms with Gasteiger partial charge in [-0.2, -0.15) is 0 Å². The number of carboxylic acids is 1. The van der Waals surface area contributed by atoms with Gasteiger partial charge in [-0.05, 0) is 71.7 Å². The summed E-state index contributed by atoms with van der Waals surface area (Å²) in [5.41, 5.74) is 4.53. The summed E-state index contributed by atoms with van der Waals surface area (Å²) in [5, 5.41) is 8.75. The molecule has 0 saturated heterocycles. The number of aryl methyl sites for hydroxylation is 1. The third kappa shape index (κ3) is 6.49. The van der Waals surface area contributed by atoms with Crippen molar-refractivity contribution in [1.82, 2.24) is 0 Å². The summed E-state index contributed by atoms with van der Waals surface area (Å²) in [6.45, 7) is 1.67. The molecule has 0 unspecified atom stereocenters. The van der Waals surface area contributed by atoms with Gasteiger partial charge in [-0.3, -0.25) is 0 Å². The number of ether oxygens (including phenoxy) is 1. The normalized spacial score (nSPS) is 10.5. The van der Waals surface area contributed by atoms with Crippen molar-refractivity contribution in [2.45, 2.75) is 11.8 Å². The predicted octanol–water partition coefficient (Wildman–Crippen LogP) is 7.21. The Labute approximate surface area is 197 Å². The average molecular weight is 548 g/mol. The van der Waals surface area contributed by atoms with E-state index in [9.17, 15) is 4.79 Å². The van der Waals surface area contributed by atoms with Crippen LogP contribution in [0.1, 0.15) is 16.7 Å². The van der Waals surface area contributed by atoms with Gasteiger partial charge in [-0.15, -0.1) is 11.8 Å². The van der Waals surface area contributed by atoms with Crippen molar-refractivity contribution in [3.63, 3.8) is 0 Å². The monoisotopic (exact) mass is 546 g/mol. The molecule has 0 aliphatic carbocycles. The molecule has 0 spiro atoms. The highest BCUT2D eigenvalue weighted by atomic mass is 79.9. The molecule has 3 aromatic rings. The number of halogens is 2. The van der Waals surface area contributed by atoms with Crippen LogP contribution >= 0.6 is 43.6 Å². The van der Waals surface area contributed by atoms with Crippen molar-refractivity contribution in [2.75, 3.05) is 12.4 Å². The van der Waals surface area contributed by atoms with Gasteiger partial charge in [-0.1, -0.05) is 62.2 Å². The van der Waals surface area contributed by atoms with E-state index in [-0.39, 0.29) is 6.61 Å². The van der Waals surface area contributed by atoms with Gasteiger partial charge >= 0.3 is 5.97 Å². The van der Waals surface area contributed by atoms with Gasteiger partial charge in [0, 0.05) is 19.6 Å². The van der Waals surface area contributed by atoms with Gasteiger partial charge < -0.3 is 9.84 Å². The van der Waals surface area contributed by atoms with E-state index in [2.05, 4.69) is 62.2 Å². The summed E-state index contributed by atoms with van der Waals surface area (Å²) >= 11 is 8.87. The largest absolute Gasteiger partial charge is 0.482 e. The van der Waals surface area contributed by atoms with Crippen LogP contribution in [0.4, 0.5) is 0 Å². The fourth-order valence-corrected chi connectivity index (χ4v) is 4.63. The van der Waals surface area contributed by atoms with E-state index in [0.717, 1.165) is 36.3 Å². The minimum Gasteiger partial charge on any atom is -0.482 e. The van der Waals surface area contributed by atoms with Crippen molar-refractivity contribution in [2.24, 2.45) is 0 Å². The maximum absolute atomic E-state index is 10.7. The lowest BCUT2D eigenvalue weighted by Crippen LogP contribution is -2.09. The molecule has 3 rings (SSSR count). The van der Waals surface area contributed by atoms with Crippen LogP contribution in [0, 0.1) is 6.92 Å². The number of rotatable bonds is 8. The number of hydrogen-bond acceptors (Lipinski definition) is 3. The van der Waals surface area contributed by atoms with Crippen molar-refractivity contribution in [3.05, 3.63) is 98.4 Å². The van der Waals surface area contributed by atoms with Gasteiger partial charge in [0.2, 0.25) is 0 Å². The van der Waals surface area contributed by atoms with Crippen LogP contribution in [-0.4, -0.2) is 23.4 Å². The maximum atomic E-state index is 10.7. The first-order chi connectivity index (χ1) is 14.4. The standard InChI is InChI=1S/C24H20Br2O3S/c1-16-12-21(29-15-24(27)28)8-9-23(16)30-11-10-22(17-4-2-6-19(25)13-17)18-5-3-7-20(26)14-18/h2-10,12-14H,11,15H2,1H3,(H,27,28). The molecule has 6 heteroatoms. The fourth-order valence-electron chi connectivity index (χ4n) is 2.95. The van der Waals surface area contributed by atoms with E-state index in [1.54, 1.807) is 11.8 Å². The highest BCUT2D eigenvalue weighted by Crippen LogP contribution is 2.31. The molecule has 3 aromatic carbocycles. The number of hydrogen-bond donors (Lipinski definition) is 1. The first kappa shape index (κ1) is 22.7. The van der Waals surface area contributed by atoms with Crippen molar-refractivity contribution < 1.29 is 14.6 Å².